The van der Waals surface area contributed by atoms with Gasteiger partial charge in [0, 0.05) is 0 Å². The second-order valence-electron chi connectivity index (χ2n) is 5.63. The first-order valence-electron chi connectivity index (χ1n) is 6.94. The molecule has 0 spiro atoms. The predicted octanol–water partition coefficient (Wildman–Crippen LogP) is 5.13. The van der Waals surface area contributed by atoms with Crippen LogP contribution >= 0.6 is 11.6 Å². The Morgan fingerprint density at radius 3 is 2.68 bits per heavy atom. The van der Waals surface area contributed by atoms with E-state index in [0.717, 1.165) is 37.2 Å². The summed E-state index contributed by atoms with van der Waals surface area (Å²) >= 11 is 6.00. The number of nitriles is 1. The van der Waals surface area contributed by atoms with Crippen LogP contribution in [0.25, 0.3) is 0 Å². The quantitative estimate of drug-likeness (QED) is 0.752. The number of nitrogens with zero attached hydrogens (tertiary/aromatic N) is 1. The Kier molecular flexibility index (Phi) is 4.47. The van der Waals surface area contributed by atoms with Gasteiger partial charge in [-0.2, -0.15) is 5.26 Å². The molecule has 0 atom stereocenters. The van der Waals surface area contributed by atoms with Gasteiger partial charge >= 0.3 is 0 Å². The van der Waals surface area contributed by atoms with Crippen molar-refractivity contribution in [2.45, 2.75) is 45.4 Å². The van der Waals surface area contributed by atoms with E-state index in [1.807, 2.05) is 6.07 Å². The number of halogens is 2. The molecule has 0 amide bonds. The van der Waals surface area contributed by atoms with Gasteiger partial charge in [0.1, 0.15) is 5.82 Å². The van der Waals surface area contributed by atoms with Crippen LogP contribution in [-0.4, -0.2) is 0 Å². The minimum absolute atomic E-state index is 0.176. The van der Waals surface area contributed by atoms with Crippen LogP contribution in [-0.2, 0) is 6.42 Å². The largest absolute Gasteiger partial charge is 0.205 e. The van der Waals surface area contributed by atoms with Gasteiger partial charge in [0.05, 0.1) is 16.5 Å². The molecule has 19 heavy (non-hydrogen) atoms. The third-order valence-corrected chi connectivity index (χ3v) is 4.86. The van der Waals surface area contributed by atoms with E-state index in [0.29, 0.717) is 6.42 Å². The average molecular weight is 280 g/mol. The zero-order chi connectivity index (χ0) is 13.9. The molecule has 0 heterocycles. The Hall–Kier alpha value is -1.07. The van der Waals surface area contributed by atoms with Crippen LogP contribution in [0.5, 0.6) is 0 Å². The minimum atomic E-state index is -0.394. The molecule has 0 aliphatic heterocycles. The summed E-state index contributed by atoms with van der Waals surface area (Å²) < 4.78 is 13.5. The van der Waals surface area contributed by atoms with Gasteiger partial charge in [-0.05, 0) is 49.7 Å². The summed E-state index contributed by atoms with van der Waals surface area (Å²) in [7, 11) is 0. The Labute approximate surface area is 119 Å². The molecular formula is C16H19ClFN. The van der Waals surface area contributed by atoms with Gasteiger partial charge in [0.25, 0.3) is 0 Å². The zero-order valence-electron chi connectivity index (χ0n) is 11.3. The molecule has 1 aliphatic carbocycles. The first-order chi connectivity index (χ1) is 9.10. The Balaban J connectivity index is 2.16. The lowest BCUT2D eigenvalue weighted by atomic mass is 9.68. The maximum atomic E-state index is 13.5. The smallest absolute Gasteiger partial charge is 0.142 e. The van der Waals surface area contributed by atoms with E-state index in [1.54, 1.807) is 6.07 Å². The van der Waals surface area contributed by atoms with E-state index >= 15 is 0 Å². The van der Waals surface area contributed by atoms with Crippen molar-refractivity contribution in [2.75, 3.05) is 0 Å². The maximum absolute atomic E-state index is 13.5. The maximum Gasteiger partial charge on any atom is 0.142 e. The minimum Gasteiger partial charge on any atom is -0.205 e. The van der Waals surface area contributed by atoms with Crippen LogP contribution in [0.15, 0.2) is 18.2 Å². The molecule has 1 fully saturated rings. The predicted molar refractivity (Wildman–Crippen MR) is 75.4 cm³/mol. The van der Waals surface area contributed by atoms with E-state index in [4.69, 9.17) is 11.6 Å². The summed E-state index contributed by atoms with van der Waals surface area (Å²) in [5.41, 5.74) is 0.404. The molecule has 102 valence electrons. The Morgan fingerprint density at radius 1 is 1.42 bits per heavy atom. The monoisotopic (exact) mass is 279 g/mol. The second kappa shape index (κ2) is 5.92. The molecule has 1 aliphatic rings. The SMILES string of the molecule is CCC1CCC(C#N)(Cc2cccc(F)c2Cl)CC1. The first-order valence-corrected chi connectivity index (χ1v) is 7.32. The van der Waals surface area contributed by atoms with Gasteiger partial charge in [-0.25, -0.2) is 4.39 Å². The van der Waals surface area contributed by atoms with E-state index in [2.05, 4.69) is 13.0 Å². The molecule has 0 radical (unpaired) electrons. The third kappa shape index (κ3) is 3.09. The van der Waals surface area contributed by atoms with Crippen molar-refractivity contribution in [1.29, 1.82) is 5.26 Å². The fourth-order valence-corrected chi connectivity index (χ4v) is 3.21. The van der Waals surface area contributed by atoms with Gasteiger partial charge in [-0.1, -0.05) is 37.1 Å². The van der Waals surface area contributed by atoms with Crippen molar-refractivity contribution in [3.05, 3.63) is 34.6 Å². The lowest BCUT2D eigenvalue weighted by Crippen LogP contribution is -2.28. The summed E-state index contributed by atoms with van der Waals surface area (Å²) in [5, 5.41) is 9.71. The molecule has 0 unspecified atom stereocenters. The average Bonchev–Trinajstić information content (AvgIpc) is 2.45. The van der Waals surface area contributed by atoms with Crippen molar-refractivity contribution in [2.24, 2.45) is 11.3 Å². The van der Waals surface area contributed by atoms with Gasteiger partial charge in [-0.15, -0.1) is 0 Å². The Morgan fingerprint density at radius 2 is 2.11 bits per heavy atom. The first kappa shape index (κ1) is 14.3. The summed E-state index contributed by atoms with van der Waals surface area (Å²) in [6.07, 6.45) is 5.73. The fraction of sp³-hybridized carbons (Fsp3) is 0.562. The van der Waals surface area contributed by atoms with Crippen LogP contribution in [0.1, 0.15) is 44.6 Å². The van der Waals surface area contributed by atoms with E-state index < -0.39 is 5.82 Å². The van der Waals surface area contributed by atoms with Crippen LogP contribution in [0, 0.1) is 28.5 Å². The molecule has 2 rings (SSSR count). The molecule has 1 saturated carbocycles. The number of hydrogen-bond donors (Lipinski definition) is 0. The highest BCUT2D eigenvalue weighted by atomic mass is 35.5. The molecule has 3 heteroatoms. The van der Waals surface area contributed by atoms with Gasteiger partial charge in [-0.3, -0.25) is 0 Å². The standard InChI is InChI=1S/C16H19ClFN/c1-2-12-6-8-16(11-19,9-7-12)10-13-4-3-5-14(18)15(13)17/h3-5,12H,2,6-10H2,1H3. The molecule has 0 bridgehead atoms. The van der Waals surface area contributed by atoms with Crippen LogP contribution < -0.4 is 0 Å². The van der Waals surface area contributed by atoms with Crippen LogP contribution in [0.3, 0.4) is 0 Å². The zero-order valence-corrected chi connectivity index (χ0v) is 12.0. The lowest BCUT2D eigenvalue weighted by molar-refractivity contribution is 0.205. The molecular weight excluding hydrogens is 261 g/mol. The lowest BCUT2D eigenvalue weighted by Gasteiger charge is -2.35. The highest BCUT2D eigenvalue weighted by molar-refractivity contribution is 6.31. The Bertz CT molecular complexity index is 484. The van der Waals surface area contributed by atoms with Crippen molar-refractivity contribution < 1.29 is 4.39 Å². The number of benzene rings is 1. The highest BCUT2D eigenvalue weighted by Gasteiger charge is 2.35. The van der Waals surface area contributed by atoms with E-state index in [9.17, 15) is 9.65 Å². The summed E-state index contributed by atoms with van der Waals surface area (Å²) in [6, 6.07) is 7.33. The molecule has 1 aromatic carbocycles. The molecule has 0 aromatic heterocycles. The van der Waals surface area contributed by atoms with E-state index in [-0.39, 0.29) is 10.4 Å². The molecule has 0 saturated heterocycles. The summed E-state index contributed by atoms with van der Waals surface area (Å²) in [4.78, 5) is 0. The van der Waals surface area contributed by atoms with Crippen molar-refractivity contribution in [3.8, 4) is 6.07 Å². The van der Waals surface area contributed by atoms with Crippen molar-refractivity contribution in [1.82, 2.24) is 0 Å². The van der Waals surface area contributed by atoms with Gasteiger partial charge < -0.3 is 0 Å². The summed E-state index contributed by atoms with van der Waals surface area (Å²) in [6.45, 7) is 2.20. The number of hydrogen-bond acceptors (Lipinski definition) is 1. The van der Waals surface area contributed by atoms with Gasteiger partial charge in [0.2, 0.25) is 0 Å². The fourth-order valence-electron chi connectivity index (χ4n) is 3.02. The number of rotatable bonds is 3. The van der Waals surface area contributed by atoms with Gasteiger partial charge in [0.15, 0.2) is 0 Å². The van der Waals surface area contributed by atoms with Crippen LogP contribution in [0.4, 0.5) is 4.39 Å². The normalized spacial score (nSPS) is 26.9. The van der Waals surface area contributed by atoms with Crippen molar-refractivity contribution >= 4 is 11.6 Å². The topological polar surface area (TPSA) is 23.8 Å². The van der Waals surface area contributed by atoms with E-state index in [1.165, 1.54) is 12.5 Å². The molecule has 1 aromatic rings. The molecule has 1 nitrogen and oxygen atoms in total. The van der Waals surface area contributed by atoms with Crippen LogP contribution in [0.2, 0.25) is 5.02 Å². The summed E-state index contributed by atoms with van der Waals surface area (Å²) in [5.74, 6) is 0.346. The van der Waals surface area contributed by atoms with Crippen molar-refractivity contribution in [3.63, 3.8) is 0 Å². The second-order valence-corrected chi connectivity index (χ2v) is 6.01. The third-order valence-electron chi connectivity index (χ3n) is 4.44. The molecule has 0 N–H and O–H groups in total. The highest BCUT2D eigenvalue weighted by Crippen LogP contribution is 2.43.